The number of aromatic nitrogens is 1. The van der Waals surface area contributed by atoms with E-state index in [1.54, 1.807) is 24.5 Å². The average Bonchev–Trinajstić information content (AvgIpc) is 3.71. The molecule has 1 unspecified atom stereocenters. The van der Waals surface area contributed by atoms with E-state index in [2.05, 4.69) is 20.5 Å². The van der Waals surface area contributed by atoms with Crippen LogP contribution in [0.25, 0.3) is 10.4 Å². The highest BCUT2D eigenvalue weighted by Gasteiger charge is 2.29. The summed E-state index contributed by atoms with van der Waals surface area (Å²) >= 11 is 1.50. The number of nitrogens with zero attached hydrogens (tertiary/aromatic N) is 3. The minimum atomic E-state index is -0.923. The Morgan fingerprint density at radius 1 is 1.00 bits per heavy atom. The van der Waals surface area contributed by atoms with Gasteiger partial charge in [0, 0.05) is 71.0 Å². The fourth-order valence-corrected chi connectivity index (χ4v) is 6.61. The average molecular weight is 566 g/mol. The van der Waals surface area contributed by atoms with Gasteiger partial charge in [0.05, 0.1) is 10.6 Å². The standard InChI is InChI=1S/C32H31N5O3S/c38-30(25-19-33-14-12-26(25)36-15-3-16-36)34-22-8-6-20(7-9-22)32(40)37-17-13-21-18-28(31(39)35-23-10-11-23)41-29(21)24-4-1-2-5-27(24)37/h1-2,4-9,12,14,18-19,23,30,34,38H,3,10-11,13,15-17H2,(H,35,39). The first-order valence-electron chi connectivity index (χ1n) is 14.1. The summed E-state index contributed by atoms with van der Waals surface area (Å²) < 4.78 is 0. The second-order valence-corrected chi connectivity index (χ2v) is 11.9. The van der Waals surface area contributed by atoms with E-state index >= 15 is 0 Å². The lowest BCUT2D eigenvalue weighted by Gasteiger charge is -2.35. The van der Waals surface area contributed by atoms with Crippen LogP contribution in [0, 0.1) is 0 Å². The molecule has 208 valence electrons. The lowest BCUT2D eigenvalue weighted by molar-refractivity contribution is 0.0953. The Bertz CT molecular complexity index is 1610. The maximum atomic E-state index is 13.8. The first-order chi connectivity index (χ1) is 20.0. The molecule has 3 aliphatic rings. The number of rotatable bonds is 7. The van der Waals surface area contributed by atoms with E-state index in [-0.39, 0.29) is 11.8 Å². The van der Waals surface area contributed by atoms with Gasteiger partial charge in [0.15, 0.2) is 6.23 Å². The third-order valence-corrected chi connectivity index (χ3v) is 9.20. The highest BCUT2D eigenvalue weighted by Crippen LogP contribution is 2.42. The highest BCUT2D eigenvalue weighted by molar-refractivity contribution is 7.17. The molecule has 8 nitrogen and oxygen atoms in total. The number of benzene rings is 2. The summed E-state index contributed by atoms with van der Waals surface area (Å²) in [5.74, 6) is -0.0890. The van der Waals surface area contributed by atoms with Crippen molar-refractivity contribution in [3.8, 4) is 10.4 Å². The van der Waals surface area contributed by atoms with Crippen LogP contribution < -0.4 is 20.4 Å². The molecule has 4 heterocycles. The number of thiophene rings is 1. The van der Waals surface area contributed by atoms with Crippen LogP contribution in [0.1, 0.15) is 56.6 Å². The molecule has 2 aromatic heterocycles. The van der Waals surface area contributed by atoms with E-state index in [0.717, 1.165) is 70.2 Å². The van der Waals surface area contributed by atoms with Gasteiger partial charge in [-0.05, 0) is 73.7 Å². The van der Waals surface area contributed by atoms with Crippen LogP contribution >= 0.6 is 11.3 Å². The largest absolute Gasteiger partial charge is 0.371 e. The molecule has 0 spiro atoms. The number of carbonyl (C=O) groups excluding carboxylic acids is 2. The van der Waals surface area contributed by atoms with Crippen LogP contribution in [-0.2, 0) is 6.42 Å². The van der Waals surface area contributed by atoms with Crippen LogP contribution in [0.5, 0.6) is 0 Å². The number of anilines is 3. The van der Waals surface area contributed by atoms with Crippen molar-refractivity contribution in [2.45, 2.75) is 38.0 Å². The van der Waals surface area contributed by atoms with Crippen LogP contribution in [0.4, 0.5) is 17.1 Å². The predicted molar refractivity (Wildman–Crippen MR) is 162 cm³/mol. The van der Waals surface area contributed by atoms with Crippen molar-refractivity contribution in [3.05, 3.63) is 94.6 Å². The zero-order chi connectivity index (χ0) is 27.9. The minimum Gasteiger partial charge on any atom is -0.371 e. The second-order valence-electron chi connectivity index (χ2n) is 10.8. The maximum Gasteiger partial charge on any atom is 0.261 e. The second kappa shape index (κ2) is 10.6. The molecule has 4 aromatic rings. The summed E-state index contributed by atoms with van der Waals surface area (Å²) in [6.45, 7) is 2.47. The van der Waals surface area contributed by atoms with E-state index in [1.807, 2.05) is 53.4 Å². The van der Waals surface area contributed by atoms with Gasteiger partial charge in [-0.25, -0.2) is 0 Å². The number of carbonyl (C=O) groups is 2. The third-order valence-electron chi connectivity index (χ3n) is 7.99. The number of aliphatic hydroxyl groups is 1. The van der Waals surface area contributed by atoms with Crippen LogP contribution in [0.3, 0.4) is 0 Å². The topological polar surface area (TPSA) is 97.8 Å². The summed E-state index contributed by atoms with van der Waals surface area (Å²) in [6, 6.07) is 19.4. The fourth-order valence-electron chi connectivity index (χ4n) is 5.46. The van der Waals surface area contributed by atoms with Gasteiger partial charge < -0.3 is 25.5 Å². The zero-order valence-electron chi connectivity index (χ0n) is 22.5. The number of nitrogens with one attached hydrogen (secondary N) is 2. The van der Waals surface area contributed by atoms with E-state index in [9.17, 15) is 14.7 Å². The van der Waals surface area contributed by atoms with Crippen molar-refractivity contribution in [1.29, 1.82) is 0 Å². The number of amides is 2. The fraction of sp³-hybridized carbons (Fsp3) is 0.281. The van der Waals surface area contributed by atoms with Gasteiger partial charge in [-0.1, -0.05) is 18.2 Å². The van der Waals surface area contributed by atoms with Gasteiger partial charge in [0.25, 0.3) is 11.8 Å². The molecule has 7 rings (SSSR count). The van der Waals surface area contributed by atoms with Crippen molar-refractivity contribution in [3.63, 3.8) is 0 Å². The third kappa shape index (κ3) is 5.07. The molecule has 0 bridgehead atoms. The Kier molecular flexibility index (Phi) is 6.68. The Hall–Kier alpha value is -4.21. The number of hydrogen-bond donors (Lipinski definition) is 3. The quantitative estimate of drug-likeness (QED) is 0.266. The number of pyridine rings is 1. The van der Waals surface area contributed by atoms with E-state index in [1.165, 1.54) is 11.3 Å². The molecule has 0 radical (unpaired) electrons. The van der Waals surface area contributed by atoms with Crippen molar-refractivity contribution in [2.24, 2.45) is 0 Å². The van der Waals surface area contributed by atoms with Crippen LogP contribution in [0.2, 0.25) is 0 Å². The van der Waals surface area contributed by atoms with Gasteiger partial charge in [0.1, 0.15) is 0 Å². The Labute approximate surface area is 242 Å². The molecule has 1 aliphatic carbocycles. The number of fused-ring (bicyclic) bond motifs is 3. The summed E-state index contributed by atoms with van der Waals surface area (Å²) in [7, 11) is 0. The van der Waals surface area contributed by atoms with Gasteiger partial charge in [-0.2, -0.15) is 0 Å². The molecule has 41 heavy (non-hydrogen) atoms. The molecule has 2 fully saturated rings. The summed E-state index contributed by atoms with van der Waals surface area (Å²) in [6.07, 6.45) is 6.44. The lowest BCUT2D eigenvalue weighted by Crippen LogP contribution is -2.38. The Balaban J connectivity index is 1.09. The highest BCUT2D eigenvalue weighted by atomic mass is 32.1. The number of para-hydroxylation sites is 1. The summed E-state index contributed by atoms with van der Waals surface area (Å²) in [5.41, 5.74) is 5.91. The van der Waals surface area contributed by atoms with Gasteiger partial charge in [-0.15, -0.1) is 11.3 Å². The molecule has 2 aliphatic heterocycles. The minimum absolute atomic E-state index is 0.00453. The Morgan fingerprint density at radius 3 is 2.56 bits per heavy atom. The Morgan fingerprint density at radius 2 is 1.80 bits per heavy atom. The van der Waals surface area contributed by atoms with E-state index in [0.29, 0.717) is 30.3 Å². The van der Waals surface area contributed by atoms with Crippen molar-refractivity contribution < 1.29 is 14.7 Å². The monoisotopic (exact) mass is 565 g/mol. The van der Waals surface area contributed by atoms with Gasteiger partial charge >= 0.3 is 0 Å². The maximum absolute atomic E-state index is 13.8. The molecule has 2 aromatic carbocycles. The first-order valence-corrected chi connectivity index (χ1v) is 14.9. The van der Waals surface area contributed by atoms with E-state index in [4.69, 9.17) is 0 Å². The number of hydrogen-bond acceptors (Lipinski definition) is 7. The number of aliphatic hydroxyl groups excluding tert-OH is 1. The summed E-state index contributed by atoms with van der Waals surface area (Å²) in [5, 5.41) is 17.2. The van der Waals surface area contributed by atoms with Crippen molar-refractivity contribution in [2.75, 3.05) is 34.8 Å². The van der Waals surface area contributed by atoms with Crippen LogP contribution in [0.15, 0.2) is 73.1 Å². The SMILES string of the molecule is O=C(NC1CC1)c1cc2c(s1)-c1ccccc1N(C(=O)c1ccc(NC(O)c3cnccc3N3CCC3)cc1)CC2. The van der Waals surface area contributed by atoms with Crippen molar-refractivity contribution in [1.82, 2.24) is 10.3 Å². The smallest absolute Gasteiger partial charge is 0.261 e. The molecular weight excluding hydrogens is 534 g/mol. The normalized spacial score (nSPS) is 16.6. The molecule has 1 saturated heterocycles. The molecule has 9 heteroatoms. The van der Waals surface area contributed by atoms with Gasteiger partial charge in [0.2, 0.25) is 0 Å². The molecule has 1 atom stereocenters. The van der Waals surface area contributed by atoms with Crippen LogP contribution in [-0.4, -0.2) is 47.6 Å². The lowest BCUT2D eigenvalue weighted by atomic mass is 10.1. The van der Waals surface area contributed by atoms with Gasteiger partial charge in [-0.3, -0.25) is 14.6 Å². The van der Waals surface area contributed by atoms with E-state index < -0.39 is 6.23 Å². The molecule has 1 saturated carbocycles. The molecule has 3 N–H and O–H groups in total. The summed E-state index contributed by atoms with van der Waals surface area (Å²) in [4.78, 5) is 36.5. The van der Waals surface area contributed by atoms with Crippen molar-refractivity contribution >= 4 is 40.2 Å². The zero-order valence-corrected chi connectivity index (χ0v) is 23.4. The molecular formula is C32H31N5O3S. The predicted octanol–water partition coefficient (Wildman–Crippen LogP) is 5.22. The molecule has 2 amide bonds. The first kappa shape index (κ1) is 25.7.